The van der Waals surface area contributed by atoms with Crippen LogP contribution in [0.25, 0.3) is 0 Å². The molecule has 1 heterocycles. The molecule has 2 amide bonds. The molecule has 0 radical (unpaired) electrons. The van der Waals surface area contributed by atoms with Gasteiger partial charge in [-0.05, 0) is 5.92 Å². The van der Waals surface area contributed by atoms with E-state index in [2.05, 4.69) is 10.4 Å². The minimum atomic E-state index is -0.961. The van der Waals surface area contributed by atoms with Crippen molar-refractivity contribution in [3.8, 4) is 0 Å². The molecule has 1 rings (SSSR count). The average molecular weight is 269 g/mol. The third kappa shape index (κ3) is 4.35. The largest absolute Gasteiger partial charge is 0.481 e. The summed E-state index contributed by atoms with van der Waals surface area (Å²) in [4.78, 5) is 34.0. The Morgan fingerprint density at radius 3 is 2.53 bits per heavy atom. The second kappa shape index (κ2) is 6.31. The fourth-order valence-electron chi connectivity index (χ4n) is 1.73. The number of carbonyl (C=O) groups is 3. The molecule has 0 bridgehead atoms. The number of hydrazone groups is 1. The molecule has 0 aromatic heterocycles. The van der Waals surface area contributed by atoms with Gasteiger partial charge in [-0.25, -0.2) is 5.01 Å². The van der Waals surface area contributed by atoms with Gasteiger partial charge in [0.2, 0.25) is 5.91 Å². The fraction of sp³-hybridized carbons (Fsp3) is 0.667. The van der Waals surface area contributed by atoms with E-state index in [4.69, 9.17) is 5.11 Å². The van der Waals surface area contributed by atoms with Gasteiger partial charge in [0.1, 0.15) is 5.71 Å². The summed E-state index contributed by atoms with van der Waals surface area (Å²) >= 11 is 0. The van der Waals surface area contributed by atoms with Crippen LogP contribution < -0.4 is 5.32 Å². The summed E-state index contributed by atoms with van der Waals surface area (Å²) in [5, 5.41) is 16.5. The predicted molar refractivity (Wildman–Crippen MR) is 68.5 cm³/mol. The molecule has 7 nitrogen and oxygen atoms in total. The minimum Gasteiger partial charge on any atom is -0.481 e. The highest BCUT2D eigenvalue weighted by atomic mass is 16.4. The molecule has 0 aromatic carbocycles. The SMILES string of the molecule is CC(C)C(CC(=O)O)NC(=O)C1=NN(C)C(=O)CC1. The first-order chi connectivity index (χ1) is 8.81. The second-order valence-corrected chi connectivity index (χ2v) is 4.89. The molecule has 1 aliphatic heterocycles. The predicted octanol–water partition coefficient (Wildman–Crippen LogP) is 0.210. The van der Waals surface area contributed by atoms with Gasteiger partial charge in [-0.1, -0.05) is 13.8 Å². The van der Waals surface area contributed by atoms with Crippen LogP contribution in [0.2, 0.25) is 0 Å². The Hall–Kier alpha value is -1.92. The van der Waals surface area contributed by atoms with Gasteiger partial charge in [0, 0.05) is 25.9 Å². The van der Waals surface area contributed by atoms with Crippen molar-refractivity contribution in [3.05, 3.63) is 0 Å². The number of rotatable bonds is 5. The van der Waals surface area contributed by atoms with Crippen LogP contribution >= 0.6 is 0 Å². The van der Waals surface area contributed by atoms with Gasteiger partial charge in [0.25, 0.3) is 5.91 Å². The van der Waals surface area contributed by atoms with Crippen LogP contribution in [0.15, 0.2) is 5.10 Å². The molecule has 1 unspecified atom stereocenters. The zero-order chi connectivity index (χ0) is 14.6. The van der Waals surface area contributed by atoms with E-state index >= 15 is 0 Å². The van der Waals surface area contributed by atoms with Gasteiger partial charge in [0.15, 0.2) is 0 Å². The molecule has 0 saturated carbocycles. The molecule has 0 saturated heterocycles. The maximum absolute atomic E-state index is 12.0. The molecule has 19 heavy (non-hydrogen) atoms. The molecule has 1 aliphatic rings. The van der Waals surface area contributed by atoms with E-state index in [9.17, 15) is 14.4 Å². The lowest BCUT2D eigenvalue weighted by Gasteiger charge is -2.23. The maximum atomic E-state index is 12.0. The van der Waals surface area contributed by atoms with E-state index in [1.165, 1.54) is 7.05 Å². The highest BCUT2D eigenvalue weighted by Crippen LogP contribution is 2.10. The molecule has 0 aromatic rings. The van der Waals surface area contributed by atoms with Gasteiger partial charge in [-0.2, -0.15) is 5.10 Å². The lowest BCUT2D eigenvalue weighted by Crippen LogP contribution is -2.45. The quantitative estimate of drug-likeness (QED) is 0.745. The van der Waals surface area contributed by atoms with Gasteiger partial charge >= 0.3 is 5.97 Å². The number of hydrogen-bond acceptors (Lipinski definition) is 4. The fourth-order valence-corrected chi connectivity index (χ4v) is 1.73. The van der Waals surface area contributed by atoms with Crippen molar-refractivity contribution in [3.63, 3.8) is 0 Å². The second-order valence-electron chi connectivity index (χ2n) is 4.89. The van der Waals surface area contributed by atoms with Crippen LogP contribution in [0.4, 0.5) is 0 Å². The summed E-state index contributed by atoms with van der Waals surface area (Å²) in [6, 6.07) is -0.448. The standard InChI is InChI=1S/C12H19N3O4/c1-7(2)9(6-11(17)18)13-12(19)8-4-5-10(16)15(3)14-8/h7,9H,4-6H2,1-3H3,(H,13,19)(H,17,18). The van der Waals surface area contributed by atoms with Crippen LogP contribution in [0.3, 0.4) is 0 Å². The number of nitrogens with one attached hydrogen (secondary N) is 1. The number of carboxylic acids is 1. The lowest BCUT2D eigenvalue weighted by molar-refractivity contribution is -0.138. The van der Waals surface area contributed by atoms with Crippen LogP contribution in [0.1, 0.15) is 33.1 Å². The Kier molecular flexibility index (Phi) is 5.02. The number of aliphatic carboxylic acids is 1. The summed E-state index contributed by atoms with van der Waals surface area (Å²) in [7, 11) is 1.49. The van der Waals surface area contributed by atoms with Crippen molar-refractivity contribution in [2.75, 3.05) is 7.05 Å². The molecule has 0 fully saturated rings. The van der Waals surface area contributed by atoms with Crippen LogP contribution in [0.5, 0.6) is 0 Å². The first-order valence-electron chi connectivity index (χ1n) is 6.18. The molecular weight excluding hydrogens is 250 g/mol. The van der Waals surface area contributed by atoms with Gasteiger partial charge in [-0.3, -0.25) is 14.4 Å². The van der Waals surface area contributed by atoms with Crippen molar-refractivity contribution in [2.24, 2.45) is 11.0 Å². The third-order valence-corrected chi connectivity index (χ3v) is 2.99. The number of hydrogen-bond donors (Lipinski definition) is 2. The third-order valence-electron chi connectivity index (χ3n) is 2.99. The van der Waals surface area contributed by atoms with Crippen molar-refractivity contribution in [1.82, 2.24) is 10.3 Å². The Balaban J connectivity index is 2.69. The number of carbonyl (C=O) groups excluding carboxylic acids is 2. The Labute approximate surface area is 111 Å². The van der Waals surface area contributed by atoms with E-state index in [-0.39, 0.29) is 36.8 Å². The van der Waals surface area contributed by atoms with E-state index in [0.29, 0.717) is 0 Å². The summed E-state index contributed by atoms with van der Waals surface area (Å²) < 4.78 is 0. The Morgan fingerprint density at radius 2 is 2.05 bits per heavy atom. The molecule has 2 N–H and O–H groups in total. The zero-order valence-corrected chi connectivity index (χ0v) is 11.3. The van der Waals surface area contributed by atoms with E-state index in [1.54, 1.807) is 0 Å². The summed E-state index contributed by atoms with van der Waals surface area (Å²) in [5.74, 6) is -1.50. The molecule has 0 spiro atoms. The van der Waals surface area contributed by atoms with Crippen molar-refractivity contribution in [2.45, 2.75) is 39.2 Å². The van der Waals surface area contributed by atoms with E-state index < -0.39 is 17.9 Å². The molecule has 0 aliphatic carbocycles. The molecule has 7 heteroatoms. The van der Waals surface area contributed by atoms with Crippen molar-refractivity contribution >= 4 is 23.5 Å². The number of amides is 2. The first kappa shape index (κ1) is 15.1. The van der Waals surface area contributed by atoms with E-state index in [0.717, 1.165) is 5.01 Å². The lowest BCUT2D eigenvalue weighted by atomic mass is 10.0. The Morgan fingerprint density at radius 1 is 1.42 bits per heavy atom. The average Bonchev–Trinajstić information content (AvgIpc) is 2.31. The summed E-state index contributed by atoms with van der Waals surface area (Å²) in [5.41, 5.74) is 0.262. The maximum Gasteiger partial charge on any atom is 0.305 e. The minimum absolute atomic E-state index is 0.00334. The highest BCUT2D eigenvalue weighted by Gasteiger charge is 2.25. The van der Waals surface area contributed by atoms with E-state index in [1.807, 2.05) is 13.8 Å². The number of nitrogens with zero attached hydrogens (tertiary/aromatic N) is 2. The van der Waals surface area contributed by atoms with Gasteiger partial charge in [0.05, 0.1) is 6.42 Å². The zero-order valence-electron chi connectivity index (χ0n) is 11.3. The monoisotopic (exact) mass is 269 g/mol. The van der Waals surface area contributed by atoms with Crippen LogP contribution in [-0.4, -0.2) is 46.7 Å². The molecule has 1 atom stereocenters. The first-order valence-corrected chi connectivity index (χ1v) is 6.18. The topological polar surface area (TPSA) is 99.1 Å². The highest BCUT2D eigenvalue weighted by molar-refractivity contribution is 6.39. The van der Waals surface area contributed by atoms with Gasteiger partial charge in [-0.15, -0.1) is 0 Å². The summed E-state index contributed by atoms with van der Waals surface area (Å²) in [6.45, 7) is 3.68. The van der Waals surface area contributed by atoms with Gasteiger partial charge < -0.3 is 10.4 Å². The number of carboxylic acid groups (broad SMARTS) is 1. The van der Waals surface area contributed by atoms with Crippen molar-refractivity contribution in [1.29, 1.82) is 0 Å². The van der Waals surface area contributed by atoms with Crippen LogP contribution in [0, 0.1) is 5.92 Å². The normalized spacial score (nSPS) is 17.2. The summed E-state index contributed by atoms with van der Waals surface area (Å²) in [6.07, 6.45) is 0.395. The van der Waals surface area contributed by atoms with Crippen LogP contribution in [-0.2, 0) is 14.4 Å². The molecule has 106 valence electrons. The van der Waals surface area contributed by atoms with Crippen molar-refractivity contribution < 1.29 is 19.5 Å². The Bertz CT molecular complexity index is 417. The smallest absolute Gasteiger partial charge is 0.305 e. The molecular formula is C12H19N3O4.